The van der Waals surface area contributed by atoms with Crippen LogP contribution in [0.5, 0.6) is 0 Å². The van der Waals surface area contributed by atoms with Gasteiger partial charge in [-0.3, -0.25) is 9.59 Å². The third kappa shape index (κ3) is 1.65. The number of Topliss-reactive ketones (excluding diaryl/α,β-unsaturated/α-hetero) is 1. The number of hydrogen-bond acceptors (Lipinski definition) is 3. The average molecular weight is 233 g/mol. The van der Waals surface area contributed by atoms with Crippen LogP contribution in [-0.2, 0) is 0 Å². The van der Waals surface area contributed by atoms with Gasteiger partial charge in [-0.25, -0.2) is 0 Å². The zero-order chi connectivity index (χ0) is 11.7. The number of aromatic nitrogens is 1. The Kier molecular flexibility index (Phi) is 2.83. The Morgan fingerprint density at radius 3 is 2.62 bits per heavy atom. The van der Waals surface area contributed by atoms with Crippen LogP contribution in [0.2, 0.25) is 0 Å². The van der Waals surface area contributed by atoms with Crippen molar-refractivity contribution in [3.63, 3.8) is 0 Å². The first-order chi connectivity index (χ1) is 7.65. The van der Waals surface area contributed by atoms with Crippen LogP contribution >= 0.6 is 11.8 Å². The number of aromatic amines is 1. The van der Waals surface area contributed by atoms with Gasteiger partial charge in [-0.1, -0.05) is 12.1 Å². The number of carbonyl (C=O) groups excluding carboxylic acids is 1. The second-order valence-corrected chi connectivity index (χ2v) is 4.28. The van der Waals surface area contributed by atoms with E-state index in [4.69, 9.17) is 0 Å². The van der Waals surface area contributed by atoms with E-state index in [0.717, 1.165) is 5.52 Å². The fraction of sp³-hybridized carbons (Fsp3) is 0.167. The second kappa shape index (κ2) is 4.14. The average Bonchev–Trinajstić information content (AvgIpc) is 2.28. The number of hydrogen-bond donors (Lipinski definition) is 1. The Balaban J connectivity index is 2.94. The molecule has 1 aromatic heterocycles. The fourth-order valence-electron chi connectivity index (χ4n) is 1.69. The van der Waals surface area contributed by atoms with Crippen LogP contribution in [0.4, 0.5) is 0 Å². The van der Waals surface area contributed by atoms with Gasteiger partial charge >= 0.3 is 0 Å². The first-order valence-electron chi connectivity index (χ1n) is 4.85. The number of para-hydroxylation sites is 1. The Morgan fingerprint density at radius 1 is 1.31 bits per heavy atom. The van der Waals surface area contributed by atoms with E-state index in [0.29, 0.717) is 10.4 Å². The van der Waals surface area contributed by atoms with Crippen molar-refractivity contribution in [3.05, 3.63) is 40.1 Å². The molecular formula is C12H11NO2S. The van der Waals surface area contributed by atoms with Crippen molar-refractivity contribution in [2.24, 2.45) is 0 Å². The van der Waals surface area contributed by atoms with Crippen molar-refractivity contribution >= 4 is 28.4 Å². The highest BCUT2D eigenvalue weighted by Gasteiger charge is 2.14. The maximum absolute atomic E-state index is 12.1. The summed E-state index contributed by atoms with van der Waals surface area (Å²) in [5.74, 6) is -0.198. The molecule has 4 heteroatoms. The van der Waals surface area contributed by atoms with E-state index in [1.54, 1.807) is 12.1 Å². The summed E-state index contributed by atoms with van der Waals surface area (Å²) in [7, 11) is 0. The van der Waals surface area contributed by atoms with Crippen molar-refractivity contribution in [3.8, 4) is 0 Å². The van der Waals surface area contributed by atoms with Gasteiger partial charge in [-0.05, 0) is 25.3 Å². The Hall–Kier alpha value is -1.55. The number of H-pyrrole nitrogens is 1. The van der Waals surface area contributed by atoms with Crippen LogP contribution in [0.3, 0.4) is 0 Å². The highest BCUT2D eigenvalue weighted by molar-refractivity contribution is 7.98. The molecule has 16 heavy (non-hydrogen) atoms. The molecule has 2 rings (SSSR count). The number of carbonyl (C=O) groups is 1. The maximum atomic E-state index is 12.1. The van der Waals surface area contributed by atoms with E-state index >= 15 is 0 Å². The lowest BCUT2D eigenvalue weighted by atomic mass is 10.1. The molecule has 1 N–H and O–H groups in total. The SMILES string of the molecule is CSc1[nH]c2ccccc2c(=O)c1C(C)=O. The normalized spacial score (nSPS) is 10.6. The van der Waals surface area contributed by atoms with Gasteiger partial charge in [0.05, 0.1) is 16.1 Å². The minimum absolute atomic E-state index is 0.189. The van der Waals surface area contributed by atoms with Gasteiger partial charge in [-0.2, -0.15) is 0 Å². The lowest BCUT2D eigenvalue weighted by molar-refractivity contribution is 0.101. The van der Waals surface area contributed by atoms with Gasteiger partial charge < -0.3 is 4.98 Å². The van der Waals surface area contributed by atoms with Crippen molar-refractivity contribution in [1.29, 1.82) is 0 Å². The summed E-state index contributed by atoms with van der Waals surface area (Å²) in [5, 5.41) is 1.20. The van der Waals surface area contributed by atoms with E-state index in [-0.39, 0.29) is 16.8 Å². The van der Waals surface area contributed by atoms with E-state index < -0.39 is 0 Å². The number of rotatable bonds is 2. The van der Waals surface area contributed by atoms with Crippen LogP contribution in [-0.4, -0.2) is 17.0 Å². The molecular weight excluding hydrogens is 222 g/mol. The van der Waals surface area contributed by atoms with Crippen LogP contribution in [0.25, 0.3) is 10.9 Å². The Bertz CT molecular complexity index is 616. The van der Waals surface area contributed by atoms with Crippen LogP contribution in [0, 0.1) is 0 Å². The lowest BCUT2D eigenvalue weighted by Crippen LogP contribution is -2.16. The molecule has 0 aliphatic heterocycles. The predicted octanol–water partition coefficient (Wildman–Crippen LogP) is 2.45. The van der Waals surface area contributed by atoms with Gasteiger partial charge in [-0.15, -0.1) is 11.8 Å². The molecule has 0 atom stereocenters. The Morgan fingerprint density at radius 2 is 2.00 bits per heavy atom. The van der Waals surface area contributed by atoms with Crippen molar-refractivity contribution in [1.82, 2.24) is 4.98 Å². The molecule has 3 nitrogen and oxygen atoms in total. The molecule has 0 spiro atoms. The van der Waals surface area contributed by atoms with Gasteiger partial charge in [0, 0.05) is 5.39 Å². The topological polar surface area (TPSA) is 49.9 Å². The standard InChI is InChI=1S/C12H11NO2S/c1-7(14)10-11(15)8-5-3-4-6-9(8)13-12(10)16-2/h3-6H,1-2H3,(H,13,15). The summed E-state index contributed by atoms with van der Waals surface area (Å²) in [6.07, 6.45) is 1.84. The molecule has 0 aliphatic carbocycles. The van der Waals surface area contributed by atoms with Crippen LogP contribution < -0.4 is 5.43 Å². The summed E-state index contributed by atoms with van der Waals surface area (Å²) in [6, 6.07) is 7.21. The molecule has 0 fully saturated rings. The van der Waals surface area contributed by atoms with E-state index in [2.05, 4.69) is 4.98 Å². The van der Waals surface area contributed by atoms with E-state index in [9.17, 15) is 9.59 Å². The quantitative estimate of drug-likeness (QED) is 0.640. The number of ketones is 1. The number of pyridine rings is 1. The third-order valence-electron chi connectivity index (χ3n) is 2.43. The highest BCUT2D eigenvalue weighted by atomic mass is 32.2. The number of fused-ring (bicyclic) bond motifs is 1. The molecule has 2 aromatic rings. The minimum atomic E-state index is -0.198. The largest absolute Gasteiger partial charge is 0.349 e. The zero-order valence-corrected chi connectivity index (χ0v) is 9.85. The monoisotopic (exact) mass is 233 g/mol. The molecule has 0 saturated carbocycles. The summed E-state index contributed by atoms with van der Waals surface area (Å²) in [4.78, 5) is 26.7. The summed E-state index contributed by atoms with van der Waals surface area (Å²) in [6.45, 7) is 1.42. The zero-order valence-electron chi connectivity index (χ0n) is 9.03. The molecule has 0 radical (unpaired) electrons. The fourth-order valence-corrected chi connectivity index (χ4v) is 2.34. The van der Waals surface area contributed by atoms with Gasteiger partial charge in [0.2, 0.25) is 5.43 Å². The maximum Gasteiger partial charge on any atom is 0.201 e. The van der Waals surface area contributed by atoms with E-state index in [1.165, 1.54) is 18.7 Å². The number of nitrogens with one attached hydrogen (secondary N) is 1. The van der Waals surface area contributed by atoms with Crippen molar-refractivity contribution in [2.45, 2.75) is 11.9 Å². The van der Waals surface area contributed by atoms with Gasteiger partial charge in [0.15, 0.2) is 5.78 Å². The molecule has 1 heterocycles. The number of thioether (sulfide) groups is 1. The van der Waals surface area contributed by atoms with Gasteiger partial charge in [0.25, 0.3) is 0 Å². The molecule has 0 amide bonds. The third-order valence-corrected chi connectivity index (χ3v) is 3.14. The smallest absolute Gasteiger partial charge is 0.201 e. The molecule has 0 saturated heterocycles. The Labute approximate surface area is 96.9 Å². The molecule has 1 aromatic carbocycles. The van der Waals surface area contributed by atoms with Crippen molar-refractivity contribution < 1.29 is 4.79 Å². The van der Waals surface area contributed by atoms with E-state index in [1.807, 2.05) is 18.4 Å². The predicted molar refractivity (Wildman–Crippen MR) is 66.4 cm³/mol. The number of benzene rings is 1. The first kappa shape index (κ1) is 11.0. The first-order valence-corrected chi connectivity index (χ1v) is 6.07. The second-order valence-electron chi connectivity index (χ2n) is 3.46. The molecule has 0 unspecified atom stereocenters. The molecule has 82 valence electrons. The highest BCUT2D eigenvalue weighted by Crippen LogP contribution is 2.19. The lowest BCUT2D eigenvalue weighted by Gasteiger charge is -2.06. The summed E-state index contributed by atoms with van der Waals surface area (Å²) < 4.78 is 0. The minimum Gasteiger partial charge on any atom is -0.349 e. The summed E-state index contributed by atoms with van der Waals surface area (Å²) in [5.41, 5.74) is 0.833. The van der Waals surface area contributed by atoms with Gasteiger partial charge in [0.1, 0.15) is 0 Å². The van der Waals surface area contributed by atoms with Crippen molar-refractivity contribution in [2.75, 3.05) is 6.26 Å². The van der Waals surface area contributed by atoms with Crippen LogP contribution in [0.1, 0.15) is 17.3 Å². The summed E-state index contributed by atoms with van der Waals surface area (Å²) >= 11 is 1.38. The van der Waals surface area contributed by atoms with Crippen LogP contribution in [0.15, 0.2) is 34.1 Å². The molecule has 0 bridgehead atoms. The molecule has 0 aliphatic rings.